The molecule has 0 radical (unpaired) electrons. The van der Waals surface area contributed by atoms with Crippen molar-refractivity contribution in [3.05, 3.63) is 58.7 Å². The first-order valence-electron chi connectivity index (χ1n) is 7.15. The van der Waals surface area contributed by atoms with E-state index in [1.54, 1.807) is 19.0 Å². The number of benzene rings is 1. The summed E-state index contributed by atoms with van der Waals surface area (Å²) in [4.78, 5) is 25.7. The van der Waals surface area contributed by atoms with Gasteiger partial charge in [-0.15, -0.1) is 8.78 Å². The maximum atomic E-state index is 13.3. The van der Waals surface area contributed by atoms with Crippen molar-refractivity contribution in [1.29, 1.82) is 0 Å². The van der Waals surface area contributed by atoms with E-state index in [9.17, 15) is 18.4 Å². The van der Waals surface area contributed by atoms with Crippen LogP contribution in [0.5, 0.6) is 11.5 Å². The molecule has 0 atom stereocenters. The number of para-hydroxylation sites is 1. The Labute approximate surface area is 140 Å². The summed E-state index contributed by atoms with van der Waals surface area (Å²) in [6.07, 6.45) is 0.130. The van der Waals surface area contributed by atoms with Crippen LogP contribution in [-0.2, 0) is 0 Å². The molecule has 0 spiro atoms. The van der Waals surface area contributed by atoms with E-state index >= 15 is 0 Å². The predicted molar refractivity (Wildman–Crippen MR) is 83.2 cm³/mol. The molecule has 9 heteroatoms. The molecule has 0 saturated heterocycles. The summed E-state index contributed by atoms with van der Waals surface area (Å²) < 4.78 is 36.6. The lowest BCUT2D eigenvalue weighted by Crippen LogP contribution is -2.26. The molecule has 2 aromatic rings. The van der Waals surface area contributed by atoms with Crippen molar-refractivity contribution in [1.82, 2.24) is 14.7 Å². The molecule has 0 aliphatic carbocycles. The minimum Gasteiger partial charge on any atom is -0.395 e. The van der Waals surface area contributed by atoms with Crippen molar-refractivity contribution < 1.29 is 23.0 Å². The van der Waals surface area contributed by atoms with Gasteiger partial charge in [-0.05, 0) is 12.1 Å². The second kappa shape index (κ2) is 6.00. The molecule has 2 heterocycles. The fraction of sp³-hybridized carbons (Fsp3) is 0.188. The first kappa shape index (κ1) is 16.6. The van der Waals surface area contributed by atoms with E-state index in [1.807, 2.05) is 0 Å². The lowest BCUT2D eigenvalue weighted by molar-refractivity contribution is -0.286. The van der Waals surface area contributed by atoms with Crippen LogP contribution < -0.4 is 14.9 Å². The van der Waals surface area contributed by atoms with Gasteiger partial charge in [-0.2, -0.15) is 5.10 Å². The number of fused-ring (bicyclic) bond motifs is 1. The highest BCUT2D eigenvalue weighted by molar-refractivity contribution is 6.02. The topological polar surface area (TPSA) is 73.7 Å². The van der Waals surface area contributed by atoms with Gasteiger partial charge in [0.05, 0.1) is 0 Å². The van der Waals surface area contributed by atoms with E-state index in [2.05, 4.69) is 14.6 Å². The molecule has 1 aliphatic heterocycles. The minimum atomic E-state index is -3.79. The van der Waals surface area contributed by atoms with Gasteiger partial charge in [-0.25, -0.2) is 4.68 Å². The van der Waals surface area contributed by atoms with Gasteiger partial charge in [0.15, 0.2) is 17.2 Å². The molecule has 3 rings (SSSR count). The molecular formula is C16H13F2N3O4. The van der Waals surface area contributed by atoms with Crippen LogP contribution in [0, 0.1) is 0 Å². The third-order valence-corrected chi connectivity index (χ3v) is 3.22. The third kappa shape index (κ3) is 3.35. The number of hydrogen-bond acceptors (Lipinski definition) is 6. The van der Waals surface area contributed by atoms with Gasteiger partial charge in [0.25, 0.3) is 0 Å². The Morgan fingerprint density at radius 1 is 1.28 bits per heavy atom. The van der Waals surface area contributed by atoms with Crippen molar-refractivity contribution in [2.45, 2.75) is 6.29 Å². The van der Waals surface area contributed by atoms with Crippen LogP contribution in [0.2, 0.25) is 0 Å². The Hall–Kier alpha value is -3.23. The molecular weight excluding hydrogens is 336 g/mol. The zero-order valence-corrected chi connectivity index (χ0v) is 13.3. The lowest BCUT2D eigenvalue weighted by Gasteiger charge is -2.09. The maximum absolute atomic E-state index is 13.3. The van der Waals surface area contributed by atoms with Crippen molar-refractivity contribution in [3.8, 4) is 17.2 Å². The summed E-state index contributed by atoms with van der Waals surface area (Å²) in [5.41, 5.74) is -0.816. The Balaban J connectivity index is 2.04. The van der Waals surface area contributed by atoms with Crippen LogP contribution in [-0.4, -0.2) is 40.9 Å². The smallest absolute Gasteiger partial charge is 0.395 e. The normalized spacial score (nSPS) is 14.7. The summed E-state index contributed by atoms with van der Waals surface area (Å²) >= 11 is 0. The molecule has 1 aromatic heterocycles. The van der Waals surface area contributed by atoms with Crippen LogP contribution in [0.1, 0.15) is 10.5 Å². The summed E-state index contributed by atoms with van der Waals surface area (Å²) in [7, 11) is 3.43. The Morgan fingerprint density at radius 3 is 2.76 bits per heavy atom. The van der Waals surface area contributed by atoms with Gasteiger partial charge >= 0.3 is 6.29 Å². The van der Waals surface area contributed by atoms with Gasteiger partial charge in [0.1, 0.15) is 5.69 Å². The quantitative estimate of drug-likeness (QED) is 0.619. The molecule has 0 N–H and O–H groups in total. The van der Waals surface area contributed by atoms with Crippen molar-refractivity contribution in [2.75, 3.05) is 14.1 Å². The summed E-state index contributed by atoms with van der Waals surface area (Å²) in [5.74, 6) is -1.00. The van der Waals surface area contributed by atoms with Crippen LogP contribution in [0.4, 0.5) is 8.78 Å². The van der Waals surface area contributed by atoms with Gasteiger partial charge in [0.2, 0.25) is 11.2 Å². The second-order valence-electron chi connectivity index (χ2n) is 5.39. The zero-order valence-electron chi connectivity index (χ0n) is 13.3. The van der Waals surface area contributed by atoms with Gasteiger partial charge in [0, 0.05) is 38.6 Å². The van der Waals surface area contributed by atoms with Crippen LogP contribution >= 0.6 is 0 Å². The van der Waals surface area contributed by atoms with Gasteiger partial charge < -0.3 is 14.4 Å². The van der Waals surface area contributed by atoms with E-state index in [0.29, 0.717) is 0 Å². The number of hydrogen-bond donors (Lipinski definition) is 0. The van der Waals surface area contributed by atoms with E-state index in [4.69, 9.17) is 0 Å². The number of rotatable bonds is 4. The fourth-order valence-electron chi connectivity index (χ4n) is 2.14. The monoisotopic (exact) mass is 349 g/mol. The maximum Gasteiger partial charge on any atom is 0.586 e. The predicted octanol–water partition coefficient (Wildman–Crippen LogP) is 1.81. The lowest BCUT2D eigenvalue weighted by atomic mass is 10.2. The number of allylic oxidation sites excluding steroid dienone is 1. The zero-order chi connectivity index (χ0) is 18.2. The molecule has 0 fully saturated rings. The van der Waals surface area contributed by atoms with E-state index < -0.39 is 17.5 Å². The highest BCUT2D eigenvalue weighted by Crippen LogP contribution is 2.44. The number of alkyl halides is 2. The molecule has 130 valence electrons. The molecule has 7 nitrogen and oxygen atoms in total. The Morgan fingerprint density at radius 2 is 2.04 bits per heavy atom. The number of nitrogens with zero attached hydrogens (tertiary/aromatic N) is 3. The Bertz CT molecular complexity index is 922. The molecule has 1 aliphatic rings. The standard InChI is InChI=1S/C16H13F2N3O4/c1-20(2)8-6-11(22)14-12(23)7-9-21(19-14)10-4-3-5-13-15(10)25-16(17,18)24-13/h3-9H,1-2H3. The summed E-state index contributed by atoms with van der Waals surface area (Å²) in [6, 6.07) is 5.35. The van der Waals surface area contributed by atoms with Crippen LogP contribution in [0.3, 0.4) is 0 Å². The highest BCUT2D eigenvalue weighted by Gasteiger charge is 2.44. The number of carbonyl (C=O) groups is 1. The first-order valence-corrected chi connectivity index (χ1v) is 7.15. The van der Waals surface area contributed by atoms with Crippen molar-refractivity contribution in [2.24, 2.45) is 0 Å². The van der Waals surface area contributed by atoms with E-state index in [0.717, 1.165) is 10.7 Å². The molecule has 0 amide bonds. The minimum absolute atomic E-state index is 0.111. The first-order chi connectivity index (χ1) is 11.8. The average molecular weight is 349 g/mol. The van der Waals surface area contributed by atoms with Gasteiger partial charge in [-0.1, -0.05) is 6.07 Å². The molecule has 0 saturated carbocycles. The van der Waals surface area contributed by atoms with E-state index in [1.165, 1.54) is 36.7 Å². The van der Waals surface area contributed by atoms with Crippen molar-refractivity contribution >= 4 is 5.78 Å². The fourth-order valence-corrected chi connectivity index (χ4v) is 2.14. The molecule has 0 bridgehead atoms. The number of carbonyl (C=O) groups excluding carboxylic acids is 1. The van der Waals surface area contributed by atoms with Gasteiger partial charge in [-0.3, -0.25) is 9.59 Å². The summed E-state index contributed by atoms with van der Waals surface area (Å²) in [6.45, 7) is 0. The summed E-state index contributed by atoms with van der Waals surface area (Å²) in [5, 5.41) is 3.95. The molecule has 0 unspecified atom stereocenters. The third-order valence-electron chi connectivity index (χ3n) is 3.22. The molecule has 25 heavy (non-hydrogen) atoms. The van der Waals surface area contributed by atoms with Crippen molar-refractivity contribution in [3.63, 3.8) is 0 Å². The number of halogens is 2. The Kier molecular flexibility index (Phi) is 3.99. The second-order valence-corrected chi connectivity index (χ2v) is 5.39. The van der Waals surface area contributed by atoms with Crippen LogP contribution in [0.25, 0.3) is 5.69 Å². The highest BCUT2D eigenvalue weighted by atomic mass is 19.3. The van der Waals surface area contributed by atoms with E-state index in [-0.39, 0.29) is 22.9 Å². The number of aromatic nitrogens is 2. The molecule has 1 aromatic carbocycles. The number of ketones is 1. The van der Waals surface area contributed by atoms with Crippen LogP contribution in [0.15, 0.2) is 47.5 Å². The number of ether oxygens (including phenoxy) is 2. The largest absolute Gasteiger partial charge is 0.586 e. The SMILES string of the molecule is CN(C)C=CC(=O)c1nn(-c2cccc3c2OC(F)(F)O3)ccc1=O. The average Bonchev–Trinajstić information content (AvgIpc) is 2.86.